The Labute approximate surface area is 70.5 Å². The van der Waals surface area contributed by atoms with E-state index >= 15 is 0 Å². The number of nitrogens with two attached hydrogens (primary N) is 2. The molecule has 0 aromatic rings. The maximum atomic E-state index is 5.21. The number of hydrogen-bond acceptors (Lipinski definition) is 3. The van der Waals surface area contributed by atoms with Gasteiger partial charge < -0.3 is 16.8 Å². The molecule has 70 valence electrons. The molecule has 0 atom stereocenters. The van der Waals surface area contributed by atoms with Crippen molar-refractivity contribution in [2.45, 2.75) is 26.7 Å². The van der Waals surface area contributed by atoms with Crippen LogP contribution in [-0.4, -0.2) is 26.2 Å². The predicted octanol–water partition coefficient (Wildman–Crippen LogP) is 0.300. The number of hydrogen-bond donors (Lipinski definition) is 3. The highest BCUT2D eigenvalue weighted by Crippen LogP contribution is 1.65. The summed E-state index contributed by atoms with van der Waals surface area (Å²) in [7, 11) is 0. The third kappa shape index (κ3) is 25.8. The molecular weight excluding hydrogens is 138 g/mol. The van der Waals surface area contributed by atoms with Crippen LogP contribution >= 0.6 is 0 Å². The molecule has 0 amide bonds. The number of nitrogens with one attached hydrogen (secondary N) is 1. The Morgan fingerprint density at radius 3 is 1.73 bits per heavy atom. The zero-order valence-electron chi connectivity index (χ0n) is 7.90. The van der Waals surface area contributed by atoms with Crippen molar-refractivity contribution < 1.29 is 0 Å². The summed E-state index contributed by atoms with van der Waals surface area (Å²) in [4.78, 5) is 0. The Hall–Kier alpha value is -0.120. The molecule has 11 heavy (non-hydrogen) atoms. The minimum Gasteiger partial charge on any atom is -0.330 e. The van der Waals surface area contributed by atoms with Gasteiger partial charge in [0.2, 0.25) is 0 Å². The molecule has 0 unspecified atom stereocenters. The van der Waals surface area contributed by atoms with Gasteiger partial charge in [0.15, 0.2) is 0 Å². The third-order valence-electron chi connectivity index (χ3n) is 1.04. The average Bonchev–Trinajstić information content (AvgIpc) is 2.06. The summed E-state index contributed by atoms with van der Waals surface area (Å²) < 4.78 is 0. The van der Waals surface area contributed by atoms with Crippen molar-refractivity contribution in [2.24, 2.45) is 11.5 Å². The first kappa shape index (κ1) is 13.5. The molecule has 0 aromatic carbocycles. The van der Waals surface area contributed by atoms with Gasteiger partial charge in [0, 0.05) is 13.1 Å². The van der Waals surface area contributed by atoms with E-state index in [-0.39, 0.29) is 0 Å². The van der Waals surface area contributed by atoms with E-state index in [0.717, 1.165) is 32.6 Å². The van der Waals surface area contributed by atoms with Crippen LogP contribution in [0.15, 0.2) is 0 Å². The van der Waals surface area contributed by atoms with Crippen LogP contribution in [0, 0.1) is 0 Å². The second kappa shape index (κ2) is 16.5. The van der Waals surface area contributed by atoms with Gasteiger partial charge in [0.05, 0.1) is 0 Å². The topological polar surface area (TPSA) is 64.1 Å². The normalized spacial score (nSPS) is 8.73. The lowest BCUT2D eigenvalue weighted by molar-refractivity contribution is 0.678. The van der Waals surface area contributed by atoms with Crippen LogP contribution in [-0.2, 0) is 0 Å². The summed E-state index contributed by atoms with van der Waals surface area (Å²) in [5.74, 6) is 0. The Morgan fingerprint density at radius 2 is 1.45 bits per heavy atom. The molecule has 0 aliphatic heterocycles. The molecule has 0 radical (unpaired) electrons. The maximum Gasteiger partial charge on any atom is 0.00744 e. The molecule has 5 N–H and O–H groups in total. The average molecular weight is 161 g/mol. The lowest BCUT2D eigenvalue weighted by Crippen LogP contribution is -2.22. The van der Waals surface area contributed by atoms with E-state index in [0.29, 0.717) is 0 Å². The first-order valence-corrected chi connectivity index (χ1v) is 4.44. The van der Waals surface area contributed by atoms with Gasteiger partial charge in [-0.25, -0.2) is 0 Å². The van der Waals surface area contributed by atoms with Crippen LogP contribution in [0.5, 0.6) is 0 Å². The van der Waals surface area contributed by atoms with E-state index in [1.807, 2.05) is 0 Å². The van der Waals surface area contributed by atoms with E-state index in [9.17, 15) is 0 Å². The second-order valence-electron chi connectivity index (χ2n) is 2.33. The van der Waals surface area contributed by atoms with E-state index < -0.39 is 0 Å². The lowest BCUT2D eigenvalue weighted by atomic mass is 10.5. The SMILES string of the molecule is CCCN.CCCNCCN. The molecule has 0 aliphatic carbocycles. The smallest absolute Gasteiger partial charge is 0.00744 e. The molecule has 0 rings (SSSR count). The van der Waals surface area contributed by atoms with Crippen molar-refractivity contribution in [2.75, 3.05) is 26.2 Å². The Kier molecular flexibility index (Phi) is 20.2. The molecular formula is C8H23N3. The predicted molar refractivity (Wildman–Crippen MR) is 51.6 cm³/mol. The van der Waals surface area contributed by atoms with Crippen LogP contribution in [0.1, 0.15) is 26.7 Å². The van der Waals surface area contributed by atoms with Gasteiger partial charge in [-0.05, 0) is 25.9 Å². The first-order valence-electron chi connectivity index (χ1n) is 4.44. The molecule has 3 nitrogen and oxygen atoms in total. The number of rotatable bonds is 5. The molecule has 0 saturated carbocycles. The zero-order valence-corrected chi connectivity index (χ0v) is 7.90. The van der Waals surface area contributed by atoms with E-state index in [2.05, 4.69) is 19.2 Å². The fourth-order valence-corrected chi connectivity index (χ4v) is 0.404. The van der Waals surface area contributed by atoms with Gasteiger partial charge in [-0.15, -0.1) is 0 Å². The van der Waals surface area contributed by atoms with Gasteiger partial charge in [0.25, 0.3) is 0 Å². The van der Waals surface area contributed by atoms with Gasteiger partial charge in [-0.3, -0.25) is 0 Å². The van der Waals surface area contributed by atoms with E-state index in [1.165, 1.54) is 6.42 Å². The fourth-order valence-electron chi connectivity index (χ4n) is 0.404. The minimum atomic E-state index is 0.750. The van der Waals surface area contributed by atoms with Crippen LogP contribution in [0.2, 0.25) is 0 Å². The molecule has 3 heteroatoms. The molecule has 0 bridgehead atoms. The fraction of sp³-hybridized carbons (Fsp3) is 1.00. The van der Waals surface area contributed by atoms with Gasteiger partial charge in [-0.1, -0.05) is 13.8 Å². The first-order chi connectivity index (χ1) is 5.33. The Bertz CT molecular complexity index is 42.6. The van der Waals surface area contributed by atoms with Crippen molar-refractivity contribution in [3.8, 4) is 0 Å². The Morgan fingerprint density at radius 1 is 0.909 bits per heavy atom. The van der Waals surface area contributed by atoms with Crippen molar-refractivity contribution in [1.29, 1.82) is 0 Å². The summed E-state index contributed by atoms with van der Waals surface area (Å²) in [6, 6.07) is 0. The van der Waals surface area contributed by atoms with Crippen molar-refractivity contribution in [3.05, 3.63) is 0 Å². The van der Waals surface area contributed by atoms with Crippen molar-refractivity contribution in [3.63, 3.8) is 0 Å². The highest BCUT2D eigenvalue weighted by molar-refractivity contribution is 4.42. The molecule has 0 fully saturated rings. The Balaban J connectivity index is 0. The highest BCUT2D eigenvalue weighted by Gasteiger charge is 1.76. The quantitative estimate of drug-likeness (QED) is 0.508. The van der Waals surface area contributed by atoms with Crippen LogP contribution in [0.4, 0.5) is 0 Å². The standard InChI is InChI=1S/C5H14N2.C3H9N/c1-2-4-7-5-3-6;1-2-3-4/h7H,2-6H2,1H3;2-4H2,1H3. The van der Waals surface area contributed by atoms with Gasteiger partial charge in [-0.2, -0.15) is 0 Å². The van der Waals surface area contributed by atoms with Gasteiger partial charge in [0.1, 0.15) is 0 Å². The van der Waals surface area contributed by atoms with Gasteiger partial charge >= 0.3 is 0 Å². The summed E-state index contributed by atoms with van der Waals surface area (Å²) in [6.07, 6.45) is 2.29. The van der Waals surface area contributed by atoms with E-state index in [4.69, 9.17) is 11.5 Å². The molecule has 0 saturated heterocycles. The third-order valence-corrected chi connectivity index (χ3v) is 1.04. The lowest BCUT2D eigenvalue weighted by Gasteiger charge is -1.95. The minimum absolute atomic E-state index is 0.750. The van der Waals surface area contributed by atoms with Crippen molar-refractivity contribution in [1.82, 2.24) is 5.32 Å². The second-order valence-corrected chi connectivity index (χ2v) is 2.33. The van der Waals surface area contributed by atoms with E-state index in [1.54, 1.807) is 0 Å². The van der Waals surface area contributed by atoms with Crippen LogP contribution in [0.3, 0.4) is 0 Å². The summed E-state index contributed by atoms with van der Waals surface area (Å²) in [6.45, 7) is 7.81. The largest absolute Gasteiger partial charge is 0.330 e. The zero-order chi connectivity index (χ0) is 8.95. The molecule has 0 aromatic heterocycles. The maximum absolute atomic E-state index is 5.21. The molecule has 0 aliphatic rings. The highest BCUT2D eigenvalue weighted by atomic mass is 14.9. The van der Waals surface area contributed by atoms with Crippen LogP contribution < -0.4 is 16.8 Å². The monoisotopic (exact) mass is 161 g/mol. The summed E-state index contributed by atoms with van der Waals surface area (Å²) in [5.41, 5.74) is 10.2. The summed E-state index contributed by atoms with van der Waals surface area (Å²) >= 11 is 0. The molecule has 0 spiro atoms. The van der Waals surface area contributed by atoms with Crippen molar-refractivity contribution >= 4 is 0 Å². The molecule has 0 heterocycles. The summed E-state index contributed by atoms with van der Waals surface area (Å²) in [5, 5.41) is 3.16. The van der Waals surface area contributed by atoms with Crippen LogP contribution in [0.25, 0.3) is 0 Å².